The zero-order valence-corrected chi connectivity index (χ0v) is 11.4. The molecular weight excluding hydrogens is 302 g/mol. The minimum Gasteiger partial charge on any atom is -0.479 e. The fourth-order valence-electron chi connectivity index (χ4n) is 1.92. The lowest BCUT2D eigenvalue weighted by Gasteiger charge is -2.24. The highest BCUT2D eigenvalue weighted by atomic mass is 32.2. The Kier molecular flexibility index (Phi) is 3.98. The summed E-state index contributed by atoms with van der Waals surface area (Å²) in [6.07, 6.45) is 1.10. The van der Waals surface area contributed by atoms with Crippen LogP contribution in [-0.4, -0.2) is 43.9 Å². The van der Waals surface area contributed by atoms with Gasteiger partial charge in [0.2, 0.25) is 0 Å². The van der Waals surface area contributed by atoms with Crippen molar-refractivity contribution >= 4 is 29.3 Å². The molecule has 1 fully saturated rings. The Morgan fingerprint density at radius 1 is 1.52 bits per heavy atom. The lowest BCUT2D eigenvalue weighted by atomic mass is 9.98. The molecule has 112 valence electrons. The second kappa shape index (κ2) is 5.56. The van der Waals surface area contributed by atoms with Crippen LogP contribution in [0.25, 0.3) is 0 Å². The molecule has 1 aromatic heterocycles. The molecule has 2 rings (SSSR count). The SMILES string of the molecule is O=C(NC1(C(=O)O)CCSC1)c1cc([N+](=O)[O-])c[nH]c1=O. The molecule has 0 spiro atoms. The van der Waals surface area contributed by atoms with E-state index in [1.54, 1.807) is 0 Å². The van der Waals surface area contributed by atoms with Crippen molar-refractivity contribution in [3.63, 3.8) is 0 Å². The van der Waals surface area contributed by atoms with E-state index in [0.717, 1.165) is 12.3 Å². The summed E-state index contributed by atoms with van der Waals surface area (Å²) >= 11 is 1.37. The van der Waals surface area contributed by atoms with Crippen LogP contribution in [0.15, 0.2) is 17.1 Å². The Balaban J connectivity index is 2.32. The van der Waals surface area contributed by atoms with E-state index in [9.17, 15) is 29.6 Å². The van der Waals surface area contributed by atoms with E-state index in [4.69, 9.17) is 0 Å². The van der Waals surface area contributed by atoms with Gasteiger partial charge in [0, 0.05) is 11.8 Å². The fourth-order valence-corrected chi connectivity index (χ4v) is 3.24. The summed E-state index contributed by atoms with van der Waals surface area (Å²) in [7, 11) is 0. The van der Waals surface area contributed by atoms with Crippen molar-refractivity contribution in [3.8, 4) is 0 Å². The summed E-state index contributed by atoms with van der Waals surface area (Å²) in [4.78, 5) is 47.0. The van der Waals surface area contributed by atoms with Crippen LogP contribution < -0.4 is 10.9 Å². The number of aromatic nitrogens is 1. The number of nitrogens with one attached hydrogen (secondary N) is 2. The molecule has 1 aliphatic heterocycles. The van der Waals surface area contributed by atoms with Crippen molar-refractivity contribution in [1.82, 2.24) is 10.3 Å². The van der Waals surface area contributed by atoms with E-state index in [1.807, 2.05) is 0 Å². The highest BCUT2D eigenvalue weighted by Gasteiger charge is 2.43. The van der Waals surface area contributed by atoms with Gasteiger partial charge >= 0.3 is 5.97 Å². The van der Waals surface area contributed by atoms with Gasteiger partial charge in [-0.2, -0.15) is 11.8 Å². The summed E-state index contributed by atoms with van der Waals surface area (Å²) < 4.78 is 0. The van der Waals surface area contributed by atoms with Crippen LogP contribution in [0.4, 0.5) is 5.69 Å². The maximum absolute atomic E-state index is 12.1. The topological polar surface area (TPSA) is 142 Å². The molecule has 0 radical (unpaired) electrons. The molecule has 1 unspecified atom stereocenters. The van der Waals surface area contributed by atoms with Gasteiger partial charge in [-0.1, -0.05) is 0 Å². The first-order chi connectivity index (χ1) is 9.85. The lowest BCUT2D eigenvalue weighted by Crippen LogP contribution is -2.55. The normalized spacial score (nSPS) is 21.0. The van der Waals surface area contributed by atoms with Crippen LogP contribution in [0.3, 0.4) is 0 Å². The summed E-state index contributed by atoms with van der Waals surface area (Å²) in [6, 6.07) is 0.825. The molecular formula is C11H11N3O6S. The minimum absolute atomic E-state index is 0.181. The van der Waals surface area contributed by atoms with Crippen molar-refractivity contribution in [2.45, 2.75) is 12.0 Å². The summed E-state index contributed by atoms with van der Waals surface area (Å²) in [6.45, 7) is 0. The molecule has 0 aliphatic carbocycles. The summed E-state index contributed by atoms with van der Waals surface area (Å²) in [5.41, 5.74) is -3.20. The van der Waals surface area contributed by atoms with E-state index >= 15 is 0 Å². The molecule has 1 saturated heterocycles. The van der Waals surface area contributed by atoms with E-state index in [0.29, 0.717) is 5.75 Å². The number of H-pyrrole nitrogens is 1. The highest BCUT2D eigenvalue weighted by molar-refractivity contribution is 7.99. The number of carboxylic acid groups (broad SMARTS) is 1. The molecule has 1 aromatic rings. The Morgan fingerprint density at radius 2 is 2.24 bits per heavy atom. The van der Waals surface area contributed by atoms with Gasteiger partial charge in [0.25, 0.3) is 17.2 Å². The third kappa shape index (κ3) is 2.89. The van der Waals surface area contributed by atoms with Crippen molar-refractivity contribution < 1.29 is 19.6 Å². The number of carbonyl (C=O) groups excluding carboxylic acids is 1. The van der Waals surface area contributed by atoms with Crippen molar-refractivity contribution in [1.29, 1.82) is 0 Å². The number of carboxylic acids is 1. The smallest absolute Gasteiger partial charge is 0.330 e. The first kappa shape index (κ1) is 15.0. The van der Waals surface area contributed by atoms with Gasteiger partial charge < -0.3 is 15.4 Å². The number of aliphatic carboxylic acids is 1. The molecule has 9 nitrogen and oxygen atoms in total. The van der Waals surface area contributed by atoms with E-state index in [-0.39, 0.29) is 12.2 Å². The zero-order valence-electron chi connectivity index (χ0n) is 10.6. The first-order valence-electron chi connectivity index (χ1n) is 5.86. The first-order valence-corrected chi connectivity index (χ1v) is 7.02. The third-order valence-corrected chi connectivity index (χ3v) is 4.32. The molecule has 0 aromatic carbocycles. The maximum Gasteiger partial charge on any atom is 0.330 e. The molecule has 3 N–H and O–H groups in total. The van der Waals surface area contributed by atoms with Crippen LogP contribution in [-0.2, 0) is 4.79 Å². The molecule has 10 heteroatoms. The highest BCUT2D eigenvalue weighted by Crippen LogP contribution is 2.28. The average molecular weight is 313 g/mol. The zero-order chi connectivity index (χ0) is 15.6. The Labute approximate surface area is 121 Å². The van der Waals surface area contributed by atoms with Gasteiger partial charge in [-0.3, -0.25) is 19.7 Å². The van der Waals surface area contributed by atoms with Gasteiger partial charge in [-0.15, -0.1) is 0 Å². The number of carbonyl (C=O) groups is 2. The number of hydrogen-bond donors (Lipinski definition) is 3. The second-order valence-corrected chi connectivity index (χ2v) is 5.61. The van der Waals surface area contributed by atoms with Crippen molar-refractivity contribution in [2.24, 2.45) is 0 Å². The van der Waals surface area contributed by atoms with Crippen molar-refractivity contribution in [3.05, 3.63) is 38.3 Å². The maximum atomic E-state index is 12.1. The summed E-state index contributed by atoms with van der Waals surface area (Å²) in [5.74, 6) is -1.38. The Hall–Kier alpha value is -2.36. The van der Waals surface area contributed by atoms with Gasteiger partial charge in [-0.25, -0.2) is 4.79 Å². The quantitative estimate of drug-likeness (QED) is 0.523. The molecule has 1 atom stereocenters. The second-order valence-electron chi connectivity index (χ2n) is 4.50. The number of rotatable bonds is 4. The molecule has 21 heavy (non-hydrogen) atoms. The predicted octanol–water partition coefficient (Wildman–Crippen LogP) is -0.0268. The van der Waals surface area contributed by atoms with E-state index < -0.39 is 39.1 Å². The standard InChI is InChI=1S/C11H11N3O6S/c15-8-7(3-6(4-12-8)14(19)20)9(16)13-11(10(17)18)1-2-21-5-11/h3-4H,1-2,5H2,(H,12,15)(H,13,16)(H,17,18). The number of amides is 1. The average Bonchev–Trinajstić information content (AvgIpc) is 2.88. The minimum atomic E-state index is -1.45. The van der Waals surface area contributed by atoms with E-state index in [2.05, 4.69) is 10.3 Å². The van der Waals surface area contributed by atoms with Crippen LogP contribution in [0.2, 0.25) is 0 Å². The summed E-state index contributed by atoms with van der Waals surface area (Å²) in [5, 5.41) is 22.2. The van der Waals surface area contributed by atoms with E-state index in [1.165, 1.54) is 11.8 Å². The number of hydrogen-bond acceptors (Lipinski definition) is 6. The van der Waals surface area contributed by atoms with Gasteiger partial charge in [0.05, 0.1) is 11.1 Å². The molecule has 0 saturated carbocycles. The molecule has 2 heterocycles. The molecule has 1 aliphatic rings. The van der Waals surface area contributed by atoms with Crippen LogP contribution in [0, 0.1) is 10.1 Å². The number of aromatic amines is 1. The molecule has 1 amide bonds. The molecule has 0 bridgehead atoms. The Morgan fingerprint density at radius 3 is 2.76 bits per heavy atom. The van der Waals surface area contributed by atoms with Gasteiger partial charge in [0.15, 0.2) is 0 Å². The van der Waals surface area contributed by atoms with Crippen molar-refractivity contribution in [2.75, 3.05) is 11.5 Å². The predicted molar refractivity (Wildman–Crippen MR) is 73.5 cm³/mol. The lowest BCUT2D eigenvalue weighted by molar-refractivity contribution is -0.385. The van der Waals surface area contributed by atoms with Gasteiger partial charge in [-0.05, 0) is 12.2 Å². The van der Waals surface area contributed by atoms with Crippen LogP contribution in [0.5, 0.6) is 0 Å². The number of pyridine rings is 1. The largest absolute Gasteiger partial charge is 0.479 e. The number of nitrogens with zero attached hydrogens (tertiary/aromatic N) is 1. The van der Waals surface area contributed by atoms with Crippen LogP contribution in [0.1, 0.15) is 16.8 Å². The third-order valence-electron chi connectivity index (χ3n) is 3.13. The fraction of sp³-hybridized carbons (Fsp3) is 0.364. The monoisotopic (exact) mass is 313 g/mol. The number of nitro groups is 1. The van der Waals surface area contributed by atoms with Crippen LogP contribution >= 0.6 is 11.8 Å². The Bertz CT molecular complexity index is 664. The van der Waals surface area contributed by atoms with Gasteiger partial charge in [0.1, 0.15) is 11.1 Å². The number of thioether (sulfide) groups is 1.